The van der Waals surface area contributed by atoms with Crippen LogP contribution in [0.5, 0.6) is 0 Å². The van der Waals surface area contributed by atoms with Crippen molar-refractivity contribution in [3.05, 3.63) is 44.9 Å². The van der Waals surface area contributed by atoms with Crippen LogP contribution in [0.3, 0.4) is 0 Å². The normalized spacial score (nSPS) is 10.3. The number of carbonyl (C=O) groups excluding carboxylic acids is 1. The maximum Gasteiger partial charge on any atom is 0.264 e. The van der Waals surface area contributed by atoms with Crippen LogP contribution in [-0.2, 0) is 6.42 Å². The molecule has 1 aromatic heterocycles. The smallest absolute Gasteiger partial charge is 0.264 e. The minimum atomic E-state index is -0.113. The summed E-state index contributed by atoms with van der Waals surface area (Å²) in [5, 5.41) is 6.49. The van der Waals surface area contributed by atoms with Gasteiger partial charge in [0.25, 0.3) is 5.91 Å². The van der Waals surface area contributed by atoms with Crippen molar-refractivity contribution in [2.45, 2.75) is 13.3 Å². The van der Waals surface area contributed by atoms with Crippen LogP contribution < -0.4 is 5.32 Å². The van der Waals surface area contributed by atoms with Crippen LogP contribution in [0.1, 0.15) is 20.8 Å². The summed E-state index contributed by atoms with van der Waals surface area (Å²) < 4.78 is 4.76. The van der Waals surface area contributed by atoms with Crippen molar-refractivity contribution in [2.24, 2.45) is 0 Å². The number of rotatable bonds is 4. The second-order valence-corrected chi connectivity index (χ2v) is 5.45. The SMILES string of the molecule is Cc1c(Br)cccc1CCNC(=O)c1cnns1. The van der Waals surface area contributed by atoms with Crippen molar-refractivity contribution in [3.63, 3.8) is 0 Å². The van der Waals surface area contributed by atoms with Crippen LogP contribution in [0.4, 0.5) is 0 Å². The predicted octanol–water partition coefficient (Wildman–Crippen LogP) is 2.58. The number of halogens is 1. The van der Waals surface area contributed by atoms with Gasteiger partial charge in [0.2, 0.25) is 0 Å². The number of benzene rings is 1. The molecule has 0 aliphatic carbocycles. The van der Waals surface area contributed by atoms with Gasteiger partial charge in [0.05, 0.1) is 6.20 Å². The lowest BCUT2D eigenvalue weighted by molar-refractivity contribution is 0.0958. The summed E-state index contributed by atoms with van der Waals surface area (Å²) in [6.07, 6.45) is 2.29. The van der Waals surface area contributed by atoms with E-state index in [2.05, 4.69) is 43.8 Å². The molecule has 0 fully saturated rings. The molecule has 94 valence electrons. The van der Waals surface area contributed by atoms with Gasteiger partial charge in [0.1, 0.15) is 4.88 Å². The van der Waals surface area contributed by atoms with E-state index in [0.29, 0.717) is 11.4 Å². The monoisotopic (exact) mass is 325 g/mol. The quantitative estimate of drug-likeness (QED) is 0.940. The third-order valence-corrected chi connectivity index (χ3v) is 4.17. The lowest BCUT2D eigenvalue weighted by atomic mass is 10.1. The Balaban J connectivity index is 1.89. The first-order valence-corrected chi connectivity index (χ1v) is 7.04. The van der Waals surface area contributed by atoms with E-state index in [1.165, 1.54) is 17.3 Å². The molecule has 0 saturated carbocycles. The van der Waals surface area contributed by atoms with Crippen molar-refractivity contribution in [1.29, 1.82) is 0 Å². The molecule has 0 bridgehead atoms. The van der Waals surface area contributed by atoms with Gasteiger partial charge in [-0.05, 0) is 42.1 Å². The summed E-state index contributed by atoms with van der Waals surface area (Å²) in [6.45, 7) is 2.67. The van der Waals surface area contributed by atoms with Crippen molar-refractivity contribution in [3.8, 4) is 0 Å². The number of nitrogens with one attached hydrogen (secondary N) is 1. The topological polar surface area (TPSA) is 54.9 Å². The zero-order valence-corrected chi connectivity index (χ0v) is 12.2. The van der Waals surface area contributed by atoms with Crippen molar-refractivity contribution >= 4 is 33.4 Å². The number of carbonyl (C=O) groups is 1. The van der Waals surface area contributed by atoms with Crippen molar-refractivity contribution in [2.75, 3.05) is 6.54 Å². The van der Waals surface area contributed by atoms with Gasteiger partial charge >= 0.3 is 0 Å². The van der Waals surface area contributed by atoms with E-state index in [4.69, 9.17) is 0 Å². The fraction of sp³-hybridized carbons (Fsp3) is 0.250. The Kier molecular flexibility index (Phi) is 4.43. The number of nitrogens with zero attached hydrogens (tertiary/aromatic N) is 2. The zero-order valence-electron chi connectivity index (χ0n) is 9.81. The summed E-state index contributed by atoms with van der Waals surface area (Å²) in [5.74, 6) is -0.113. The molecule has 1 amide bonds. The molecule has 0 spiro atoms. The van der Waals surface area contributed by atoms with E-state index in [1.54, 1.807) is 0 Å². The summed E-state index contributed by atoms with van der Waals surface area (Å²) in [7, 11) is 0. The Morgan fingerprint density at radius 3 is 3.06 bits per heavy atom. The molecule has 0 radical (unpaired) electrons. The molecule has 0 atom stereocenters. The largest absolute Gasteiger partial charge is 0.351 e. The van der Waals surface area contributed by atoms with Gasteiger partial charge in [0.15, 0.2) is 0 Å². The van der Waals surface area contributed by atoms with Gasteiger partial charge in [-0.1, -0.05) is 32.6 Å². The Morgan fingerprint density at radius 2 is 2.33 bits per heavy atom. The lowest BCUT2D eigenvalue weighted by Crippen LogP contribution is -2.25. The molecule has 1 N–H and O–H groups in total. The van der Waals surface area contributed by atoms with E-state index in [0.717, 1.165) is 22.4 Å². The fourth-order valence-corrected chi connectivity index (χ4v) is 2.43. The highest BCUT2D eigenvalue weighted by Gasteiger charge is 2.08. The van der Waals surface area contributed by atoms with Crippen molar-refractivity contribution < 1.29 is 4.79 Å². The molecule has 6 heteroatoms. The average molecular weight is 326 g/mol. The molecule has 0 unspecified atom stereocenters. The molecule has 2 rings (SSSR count). The number of hydrogen-bond donors (Lipinski definition) is 1. The minimum Gasteiger partial charge on any atom is -0.351 e. The summed E-state index contributed by atoms with van der Waals surface area (Å²) in [4.78, 5) is 12.2. The molecule has 0 aliphatic heterocycles. The standard InChI is InChI=1S/C12H12BrN3OS/c1-8-9(3-2-4-10(8)13)5-6-14-12(17)11-7-15-16-18-11/h2-4,7H,5-6H2,1H3,(H,14,17). The zero-order chi connectivity index (χ0) is 13.0. The third-order valence-electron chi connectivity index (χ3n) is 2.64. The van der Waals surface area contributed by atoms with E-state index >= 15 is 0 Å². The minimum absolute atomic E-state index is 0.113. The molecule has 0 saturated heterocycles. The number of aromatic nitrogens is 2. The van der Waals surface area contributed by atoms with Crippen LogP contribution >= 0.6 is 27.5 Å². The van der Waals surface area contributed by atoms with Crippen LogP contribution in [-0.4, -0.2) is 22.0 Å². The molecular formula is C12H12BrN3OS. The van der Waals surface area contributed by atoms with Crippen LogP contribution in [0.25, 0.3) is 0 Å². The Bertz CT molecular complexity index is 542. The van der Waals surface area contributed by atoms with Gasteiger partial charge in [-0.3, -0.25) is 4.79 Å². The van der Waals surface area contributed by atoms with E-state index in [9.17, 15) is 4.79 Å². The Labute approximate surface area is 118 Å². The lowest BCUT2D eigenvalue weighted by Gasteiger charge is -2.08. The molecule has 1 heterocycles. The third kappa shape index (κ3) is 3.14. The highest BCUT2D eigenvalue weighted by atomic mass is 79.9. The molecule has 1 aromatic carbocycles. The number of hydrogen-bond acceptors (Lipinski definition) is 4. The first-order valence-electron chi connectivity index (χ1n) is 5.48. The van der Waals surface area contributed by atoms with E-state index in [-0.39, 0.29) is 5.91 Å². The van der Waals surface area contributed by atoms with Crippen LogP contribution in [0.15, 0.2) is 28.9 Å². The second-order valence-electron chi connectivity index (χ2n) is 3.81. The molecule has 2 aromatic rings. The summed E-state index contributed by atoms with van der Waals surface area (Å²) in [6, 6.07) is 6.09. The van der Waals surface area contributed by atoms with Gasteiger partial charge < -0.3 is 5.32 Å². The summed E-state index contributed by atoms with van der Waals surface area (Å²) >= 11 is 4.60. The second kappa shape index (κ2) is 6.06. The molecule has 4 nitrogen and oxygen atoms in total. The van der Waals surface area contributed by atoms with Gasteiger partial charge in [-0.2, -0.15) is 0 Å². The van der Waals surface area contributed by atoms with Crippen molar-refractivity contribution in [1.82, 2.24) is 14.9 Å². The fourth-order valence-electron chi connectivity index (χ4n) is 1.59. The number of amides is 1. The molecular weight excluding hydrogens is 314 g/mol. The van der Waals surface area contributed by atoms with Crippen LogP contribution in [0.2, 0.25) is 0 Å². The van der Waals surface area contributed by atoms with Gasteiger partial charge in [-0.15, -0.1) is 5.10 Å². The molecule has 18 heavy (non-hydrogen) atoms. The maximum absolute atomic E-state index is 11.7. The molecule has 0 aliphatic rings. The highest BCUT2D eigenvalue weighted by Crippen LogP contribution is 2.19. The maximum atomic E-state index is 11.7. The predicted molar refractivity (Wildman–Crippen MR) is 74.8 cm³/mol. The van der Waals surface area contributed by atoms with Gasteiger partial charge in [-0.25, -0.2) is 0 Å². The van der Waals surface area contributed by atoms with Gasteiger partial charge in [0, 0.05) is 11.0 Å². The Hall–Kier alpha value is -1.27. The first kappa shape index (κ1) is 13.2. The van der Waals surface area contributed by atoms with E-state index < -0.39 is 0 Å². The average Bonchev–Trinajstić information content (AvgIpc) is 2.88. The van der Waals surface area contributed by atoms with E-state index in [1.807, 2.05) is 12.1 Å². The first-order chi connectivity index (χ1) is 8.68. The Morgan fingerprint density at radius 1 is 1.50 bits per heavy atom. The van der Waals surface area contributed by atoms with Crippen LogP contribution in [0, 0.1) is 6.92 Å². The summed E-state index contributed by atoms with van der Waals surface area (Å²) in [5.41, 5.74) is 2.44. The highest BCUT2D eigenvalue weighted by molar-refractivity contribution is 9.10.